The zero-order valence-electron chi connectivity index (χ0n) is 15.8. The summed E-state index contributed by atoms with van der Waals surface area (Å²) in [6, 6.07) is 11.0. The lowest BCUT2D eigenvalue weighted by molar-refractivity contribution is -0.142. The normalized spacial score (nSPS) is 25.9. The van der Waals surface area contributed by atoms with Gasteiger partial charge in [-0.2, -0.15) is 0 Å². The summed E-state index contributed by atoms with van der Waals surface area (Å²) >= 11 is 0. The summed E-state index contributed by atoms with van der Waals surface area (Å²) in [5.74, 6) is 1.45. The van der Waals surface area contributed by atoms with Crippen LogP contribution in [0.3, 0.4) is 0 Å². The molecule has 1 N–H and O–H groups in total. The number of hydrogen-bond donors (Lipinski definition) is 1. The first-order valence-electron chi connectivity index (χ1n) is 10.3. The molecule has 27 heavy (non-hydrogen) atoms. The molecular formula is C22H28N4O. The van der Waals surface area contributed by atoms with Crippen LogP contribution in [0.4, 0.5) is 0 Å². The van der Waals surface area contributed by atoms with Crippen molar-refractivity contribution in [2.24, 2.45) is 5.41 Å². The largest absolute Gasteiger partial charge is 0.348 e. The minimum absolute atomic E-state index is 0.0390. The number of aromatic amines is 1. The molecule has 0 bridgehead atoms. The van der Waals surface area contributed by atoms with Crippen molar-refractivity contribution < 1.29 is 4.79 Å². The first-order valence-corrected chi connectivity index (χ1v) is 10.3. The van der Waals surface area contributed by atoms with Crippen molar-refractivity contribution in [3.63, 3.8) is 0 Å². The number of nitrogens with one attached hydrogen (secondary N) is 1. The first kappa shape index (κ1) is 17.0. The SMILES string of the molecule is O=C1C(c2ccccc2)CC2(CCN(Cc3ncc[nH]3)CC2)CN1C1CC1. The fourth-order valence-corrected chi connectivity index (χ4v) is 5.01. The molecule has 142 valence electrons. The third-order valence-corrected chi connectivity index (χ3v) is 6.76. The van der Waals surface area contributed by atoms with E-state index in [4.69, 9.17) is 0 Å². The Labute approximate surface area is 160 Å². The number of aromatic nitrogens is 2. The van der Waals surface area contributed by atoms with E-state index in [2.05, 4.69) is 44.0 Å². The highest BCUT2D eigenvalue weighted by molar-refractivity contribution is 5.85. The molecule has 1 atom stereocenters. The summed E-state index contributed by atoms with van der Waals surface area (Å²) in [6.07, 6.45) is 9.45. The van der Waals surface area contributed by atoms with Gasteiger partial charge >= 0.3 is 0 Å². The van der Waals surface area contributed by atoms with Crippen molar-refractivity contribution in [3.05, 3.63) is 54.1 Å². The maximum atomic E-state index is 13.2. The minimum Gasteiger partial charge on any atom is -0.348 e. The van der Waals surface area contributed by atoms with Crippen LogP contribution in [-0.2, 0) is 11.3 Å². The van der Waals surface area contributed by atoms with E-state index in [9.17, 15) is 4.79 Å². The molecule has 3 aliphatic rings. The van der Waals surface area contributed by atoms with Gasteiger partial charge in [-0.25, -0.2) is 4.98 Å². The average Bonchev–Trinajstić information content (AvgIpc) is 3.43. The summed E-state index contributed by atoms with van der Waals surface area (Å²) in [6.45, 7) is 4.05. The molecule has 1 aromatic carbocycles. The second-order valence-corrected chi connectivity index (χ2v) is 8.68. The van der Waals surface area contributed by atoms with Crippen molar-refractivity contribution in [3.8, 4) is 0 Å². The number of nitrogens with zero attached hydrogens (tertiary/aromatic N) is 3. The quantitative estimate of drug-likeness (QED) is 0.907. The number of imidazole rings is 1. The number of hydrogen-bond acceptors (Lipinski definition) is 3. The maximum absolute atomic E-state index is 13.2. The van der Waals surface area contributed by atoms with Gasteiger partial charge in [0.15, 0.2) is 0 Å². The van der Waals surface area contributed by atoms with Gasteiger partial charge in [-0.1, -0.05) is 30.3 Å². The molecule has 3 fully saturated rings. The van der Waals surface area contributed by atoms with E-state index < -0.39 is 0 Å². The fraction of sp³-hybridized carbons (Fsp3) is 0.545. The molecule has 5 rings (SSSR count). The number of rotatable bonds is 4. The number of piperidine rings is 2. The van der Waals surface area contributed by atoms with Crippen LogP contribution in [0.5, 0.6) is 0 Å². The van der Waals surface area contributed by atoms with Crippen molar-refractivity contribution in [1.29, 1.82) is 0 Å². The Balaban J connectivity index is 1.33. The molecule has 2 aliphatic heterocycles. The monoisotopic (exact) mass is 364 g/mol. The van der Waals surface area contributed by atoms with Crippen LogP contribution in [0.25, 0.3) is 0 Å². The van der Waals surface area contributed by atoms with Crippen LogP contribution in [0.1, 0.15) is 49.4 Å². The number of carbonyl (C=O) groups excluding carboxylic acids is 1. The van der Waals surface area contributed by atoms with Crippen molar-refractivity contribution in [2.45, 2.75) is 50.6 Å². The Bertz CT molecular complexity index is 776. The molecule has 1 unspecified atom stereocenters. The van der Waals surface area contributed by atoms with E-state index in [0.29, 0.717) is 11.9 Å². The van der Waals surface area contributed by atoms with Gasteiger partial charge in [-0.3, -0.25) is 9.69 Å². The van der Waals surface area contributed by atoms with Gasteiger partial charge in [0.05, 0.1) is 12.5 Å². The Hall–Kier alpha value is -2.14. The zero-order valence-corrected chi connectivity index (χ0v) is 15.8. The average molecular weight is 364 g/mol. The van der Waals surface area contributed by atoms with E-state index in [1.807, 2.05) is 18.5 Å². The fourth-order valence-electron chi connectivity index (χ4n) is 5.01. The standard InChI is InChI=1S/C22H28N4O/c27-21-19(17-4-2-1-3-5-17)14-22(16-26(21)18-6-7-18)8-12-25(13-9-22)15-20-23-10-11-24-20/h1-5,10-11,18-19H,6-9,12-16H2,(H,23,24). The number of benzene rings is 1. The third kappa shape index (κ3) is 3.41. The van der Waals surface area contributed by atoms with Crippen LogP contribution < -0.4 is 0 Å². The lowest BCUT2D eigenvalue weighted by Gasteiger charge is -2.50. The highest BCUT2D eigenvalue weighted by atomic mass is 16.2. The molecule has 1 spiro atoms. The van der Waals surface area contributed by atoms with E-state index >= 15 is 0 Å². The van der Waals surface area contributed by atoms with Gasteiger partial charge in [-0.15, -0.1) is 0 Å². The summed E-state index contributed by atoms with van der Waals surface area (Å²) in [5, 5.41) is 0. The van der Waals surface area contributed by atoms with Crippen molar-refractivity contribution in [2.75, 3.05) is 19.6 Å². The molecule has 5 heteroatoms. The second kappa shape index (κ2) is 6.79. The number of H-pyrrole nitrogens is 1. The van der Waals surface area contributed by atoms with E-state index in [-0.39, 0.29) is 11.3 Å². The predicted octanol–water partition coefficient (Wildman–Crippen LogP) is 3.17. The number of likely N-dealkylation sites (tertiary alicyclic amines) is 2. The number of amides is 1. The van der Waals surface area contributed by atoms with Crippen LogP contribution in [-0.4, -0.2) is 51.4 Å². The topological polar surface area (TPSA) is 52.2 Å². The maximum Gasteiger partial charge on any atom is 0.230 e. The van der Waals surface area contributed by atoms with Crippen LogP contribution in [0, 0.1) is 5.41 Å². The third-order valence-electron chi connectivity index (χ3n) is 6.76. The molecule has 0 radical (unpaired) electrons. The van der Waals surface area contributed by atoms with Crippen LogP contribution in [0.15, 0.2) is 42.7 Å². The van der Waals surface area contributed by atoms with E-state index in [1.54, 1.807) is 0 Å². The van der Waals surface area contributed by atoms with Gasteiger partial charge < -0.3 is 9.88 Å². The van der Waals surface area contributed by atoms with Gasteiger partial charge in [-0.05, 0) is 56.2 Å². The Morgan fingerprint density at radius 2 is 1.93 bits per heavy atom. The minimum atomic E-state index is 0.0390. The lowest BCUT2D eigenvalue weighted by Crippen LogP contribution is -2.54. The van der Waals surface area contributed by atoms with Gasteiger partial charge in [0.25, 0.3) is 0 Å². The Morgan fingerprint density at radius 3 is 2.59 bits per heavy atom. The number of carbonyl (C=O) groups is 1. The van der Waals surface area contributed by atoms with E-state index in [1.165, 1.54) is 31.2 Å². The summed E-state index contributed by atoms with van der Waals surface area (Å²) < 4.78 is 0. The van der Waals surface area contributed by atoms with Crippen LogP contribution >= 0.6 is 0 Å². The molecule has 2 saturated heterocycles. The lowest BCUT2D eigenvalue weighted by atomic mass is 9.67. The molecule has 3 heterocycles. The Kier molecular flexibility index (Phi) is 4.27. The second-order valence-electron chi connectivity index (χ2n) is 8.68. The smallest absolute Gasteiger partial charge is 0.230 e. The molecule has 2 aromatic rings. The van der Waals surface area contributed by atoms with E-state index in [0.717, 1.165) is 38.4 Å². The van der Waals surface area contributed by atoms with Gasteiger partial charge in [0.1, 0.15) is 5.82 Å². The molecular weight excluding hydrogens is 336 g/mol. The zero-order chi connectivity index (χ0) is 18.3. The van der Waals surface area contributed by atoms with Crippen molar-refractivity contribution >= 4 is 5.91 Å². The van der Waals surface area contributed by atoms with Crippen LogP contribution in [0.2, 0.25) is 0 Å². The van der Waals surface area contributed by atoms with Gasteiger partial charge in [0, 0.05) is 25.0 Å². The molecule has 1 aliphatic carbocycles. The van der Waals surface area contributed by atoms with Crippen molar-refractivity contribution in [1.82, 2.24) is 19.8 Å². The summed E-state index contributed by atoms with van der Waals surface area (Å²) in [7, 11) is 0. The van der Waals surface area contributed by atoms with Gasteiger partial charge in [0.2, 0.25) is 5.91 Å². The first-order chi connectivity index (χ1) is 13.2. The summed E-state index contributed by atoms with van der Waals surface area (Å²) in [5.41, 5.74) is 1.47. The highest BCUT2D eigenvalue weighted by Crippen LogP contribution is 2.48. The molecule has 5 nitrogen and oxygen atoms in total. The molecule has 1 amide bonds. The Morgan fingerprint density at radius 1 is 1.15 bits per heavy atom. The molecule has 1 saturated carbocycles. The molecule has 1 aromatic heterocycles. The summed E-state index contributed by atoms with van der Waals surface area (Å²) in [4.78, 5) is 25.5. The highest BCUT2D eigenvalue weighted by Gasteiger charge is 2.49. The predicted molar refractivity (Wildman–Crippen MR) is 104 cm³/mol.